The molecular weight excluding hydrogens is 376 g/mol. The minimum Gasteiger partial charge on any atom is -0.465 e. The summed E-state index contributed by atoms with van der Waals surface area (Å²) in [5.41, 5.74) is 1.03. The summed E-state index contributed by atoms with van der Waals surface area (Å²) in [6, 6.07) is 8.14. The van der Waals surface area contributed by atoms with Gasteiger partial charge in [-0.25, -0.2) is 4.98 Å². The number of hydrogen-bond acceptors (Lipinski definition) is 8. The van der Waals surface area contributed by atoms with Crippen LogP contribution in [-0.4, -0.2) is 37.6 Å². The van der Waals surface area contributed by atoms with Gasteiger partial charge < -0.3 is 9.30 Å². The maximum atomic E-state index is 11.7. The monoisotopic (exact) mass is 392 g/mol. The zero-order valence-corrected chi connectivity index (χ0v) is 16.0. The number of para-hydroxylation sites is 1. The zero-order chi connectivity index (χ0) is 17.2. The average Bonchev–Trinajstić information content (AvgIpc) is 3.32. The number of carbonyl (C=O) groups excluding carboxylic acids is 1. The summed E-state index contributed by atoms with van der Waals surface area (Å²) in [6.45, 7) is 3.33. The predicted molar refractivity (Wildman–Crippen MR) is 100 cm³/mol. The number of aromatic nitrogens is 4. The summed E-state index contributed by atoms with van der Waals surface area (Å²) < 4.78 is 9.31. The average molecular weight is 393 g/mol. The molecule has 0 spiro atoms. The predicted octanol–water partition coefficient (Wildman–Crippen LogP) is 3.61. The summed E-state index contributed by atoms with van der Waals surface area (Å²) in [5.74, 6) is 1.46. The number of carbonyl (C=O) groups is 1. The van der Waals surface area contributed by atoms with Crippen molar-refractivity contribution >= 4 is 51.0 Å². The van der Waals surface area contributed by atoms with E-state index in [4.69, 9.17) is 4.74 Å². The molecule has 1 saturated heterocycles. The Bertz CT molecular complexity index is 875. The Hall–Kier alpha value is -1.58. The van der Waals surface area contributed by atoms with Crippen LogP contribution < -0.4 is 0 Å². The first kappa shape index (κ1) is 16.9. The summed E-state index contributed by atoms with van der Waals surface area (Å²) >= 11 is 4.81. The molecule has 0 radical (unpaired) electrons. The van der Waals surface area contributed by atoms with Crippen molar-refractivity contribution in [3.05, 3.63) is 30.1 Å². The third-order valence-corrected chi connectivity index (χ3v) is 7.24. The van der Waals surface area contributed by atoms with Gasteiger partial charge in [-0.1, -0.05) is 35.7 Å². The molecule has 1 aromatic carbocycles. The van der Waals surface area contributed by atoms with Gasteiger partial charge in [-0.15, -0.1) is 21.5 Å². The molecule has 1 fully saturated rings. The minimum atomic E-state index is -0.167. The highest BCUT2D eigenvalue weighted by atomic mass is 32.2. The van der Waals surface area contributed by atoms with Gasteiger partial charge in [0.05, 0.1) is 22.6 Å². The van der Waals surface area contributed by atoms with E-state index >= 15 is 0 Å². The van der Waals surface area contributed by atoms with Crippen LogP contribution in [0.1, 0.15) is 19.2 Å². The number of benzene rings is 1. The fourth-order valence-corrected chi connectivity index (χ4v) is 5.67. The van der Waals surface area contributed by atoms with Crippen molar-refractivity contribution in [2.24, 2.45) is 0 Å². The summed E-state index contributed by atoms with van der Waals surface area (Å²) in [7, 11) is 0. The van der Waals surface area contributed by atoms with Crippen LogP contribution in [0.5, 0.6) is 0 Å². The molecule has 0 amide bonds. The highest BCUT2D eigenvalue weighted by Crippen LogP contribution is 2.33. The second-order valence-corrected chi connectivity index (χ2v) is 8.86. The summed E-state index contributed by atoms with van der Waals surface area (Å²) in [5, 5.41) is 9.21. The van der Waals surface area contributed by atoms with Gasteiger partial charge in [0.2, 0.25) is 0 Å². The van der Waals surface area contributed by atoms with Gasteiger partial charge in [0.15, 0.2) is 9.50 Å². The number of rotatable bonds is 6. The Balaban J connectivity index is 1.47. The Labute approximate surface area is 157 Å². The highest BCUT2D eigenvalue weighted by Gasteiger charge is 2.29. The molecule has 4 rings (SSSR count). The van der Waals surface area contributed by atoms with E-state index < -0.39 is 0 Å². The Morgan fingerprint density at radius 2 is 2.24 bits per heavy atom. The van der Waals surface area contributed by atoms with Gasteiger partial charge in [-0.05, 0) is 19.1 Å². The third-order valence-electron chi connectivity index (χ3n) is 3.84. The summed E-state index contributed by atoms with van der Waals surface area (Å²) in [6.07, 6.45) is 0.732. The molecule has 9 heteroatoms. The van der Waals surface area contributed by atoms with Crippen molar-refractivity contribution < 1.29 is 9.53 Å². The van der Waals surface area contributed by atoms with Crippen LogP contribution in [0, 0.1) is 0 Å². The number of thiazole rings is 1. The van der Waals surface area contributed by atoms with Crippen molar-refractivity contribution in [1.29, 1.82) is 0 Å². The van der Waals surface area contributed by atoms with E-state index in [1.54, 1.807) is 23.1 Å². The normalized spacial score (nSPS) is 17.3. The van der Waals surface area contributed by atoms with E-state index in [9.17, 15) is 4.79 Å². The third kappa shape index (κ3) is 3.54. The van der Waals surface area contributed by atoms with Crippen LogP contribution in [0.15, 0.2) is 33.8 Å². The second-order valence-electron chi connectivity index (χ2n) is 5.44. The topological polar surface area (TPSA) is 69.9 Å². The van der Waals surface area contributed by atoms with E-state index in [2.05, 4.69) is 32.7 Å². The van der Waals surface area contributed by atoms with Crippen molar-refractivity contribution in [1.82, 2.24) is 19.7 Å². The van der Waals surface area contributed by atoms with Crippen LogP contribution in [0.3, 0.4) is 0 Å². The Kier molecular flexibility index (Phi) is 4.96. The van der Waals surface area contributed by atoms with Gasteiger partial charge in [-0.3, -0.25) is 4.79 Å². The quantitative estimate of drug-likeness (QED) is 0.469. The summed E-state index contributed by atoms with van der Waals surface area (Å²) in [4.78, 5) is 16.3. The molecule has 2 aromatic heterocycles. The minimum absolute atomic E-state index is 0.152. The molecule has 25 heavy (non-hydrogen) atoms. The van der Waals surface area contributed by atoms with Crippen LogP contribution >= 0.6 is 34.9 Å². The van der Waals surface area contributed by atoms with E-state index in [0.717, 1.165) is 33.8 Å². The van der Waals surface area contributed by atoms with Gasteiger partial charge in [0.25, 0.3) is 0 Å². The number of hydrogen-bond donors (Lipinski definition) is 0. The van der Waals surface area contributed by atoms with Crippen LogP contribution in [0.2, 0.25) is 0 Å². The van der Waals surface area contributed by atoms with Crippen molar-refractivity contribution in [2.45, 2.75) is 40.4 Å². The largest absolute Gasteiger partial charge is 0.465 e. The van der Waals surface area contributed by atoms with E-state index in [0.29, 0.717) is 12.4 Å². The van der Waals surface area contributed by atoms with E-state index in [1.165, 1.54) is 16.5 Å². The first-order chi connectivity index (χ1) is 12.2. The van der Waals surface area contributed by atoms with Crippen LogP contribution in [-0.2, 0) is 21.8 Å². The molecule has 1 aliphatic heterocycles. The number of esters is 1. The number of fused-ring (bicyclic) bond motifs is 1. The first-order valence-electron chi connectivity index (χ1n) is 7.98. The number of cyclic esters (lactones) is 1. The Morgan fingerprint density at radius 3 is 3.00 bits per heavy atom. The molecule has 130 valence electrons. The van der Waals surface area contributed by atoms with Gasteiger partial charge in [-0.2, -0.15) is 0 Å². The number of ether oxygens (including phenoxy) is 1. The lowest BCUT2D eigenvalue weighted by atomic mass is 10.3. The molecule has 0 saturated carbocycles. The SMILES string of the molecule is CCn1c(CSc2nc3ccccc3s2)nnc1S[C@H]1CCOC1=O. The van der Waals surface area contributed by atoms with Crippen molar-refractivity contribution in [3.63, 3.8) is 0 Å². The molecule has 6 nitrogen and oxygen atoms in total. The molecular formula is C16H16N4O2S3. The lowest BCUT2D eigenvalue weighted by molar-refractivity contribution is -0.137. The fourth-order valence-electron chi connectivity index (χ4n) is 2.58. The van der Waals surface area contributed by atoms with Crippen LogP contribution in [0.25, 0.3) is 10.2 Å². The lowest BCUT2D eigenvalue weighted by Gasteiger charge is -2.08. The molecule has 0 bridgehead atoms. The lowest BCUT2D eigenvalue weighted by Crippen LogP contribution is -2.11. The van der Waals surface area contributed by atoms with Gasteiger partial charge >= 0.3 is 5.97 Å². The van der Waals surface area contributed by atoms with Crippen LogP contribution in [0.4, 0.5) is 0 Å². The maximum Gasteiger partial charge on any atom is 0.319 e. The second kappa shape index (κ2) is 7.35. The molecule has 1 aliphatic rings. The molecule has 3 heterocycles. The van der Waals surface area contributed by atoms with Gasteiger partial charge in [0, 0.05) is 13.0 Å². The first-order valence-corrected chi connectivity index (χ1v) is 10.7. The highest BCUT2D eigenvalue weighted by molar-refractivity contribution is 8.00. The fraction of sp³-hybridized carbons (Fsp3) is 0.375. The van der Waals surface area contributed by atoms with Crippen molar-refractivity contribution in [3.8, 4) is 0 Å². The molecule has 0 aliphatic carbocycles. The van der Waals surface area contributed by atoms with E-state index in [-0.39, 0.29) is 11.2 Å². The van der Waals surface area contributed by atoms with Crippen molar-refractivity contribution in [2.75, 3.05) is 6.61 Å². The number of thioether (sulfide) groups is 2. The van der Waals surface area contributed by atoms with Gasteiger partial charge in [0.1, 0.15) is 11.1 Å². The molecule has 3 aromatic rings. The maximum absolute atomic E-state index is 11.7. The standard InChI is InChI=1S/C16H16N4O2S3/c1-2-20-13(18-19-15(20)24-12-7-8-22-14(12)21)9-23-16-17-10-5-3-4-6-11(10)25-16/h3-6,12H,2,7-9H2,1H3/t12-/m0/s1. The van der Waals surface area contributed by atoms with E-state index in [1.807, 2.05) is 18.2 Å². The number of nitrogens with zero attached hydrogens (tertiary/aromatic N) is 4. The molecule has 0 unspecified atom stereocenters. The smallest absolute Gasteiger partial charge is 0.319 e. The molecule has 1 atom stereocenters. The zero-order valence-electron chi connectivity index (χ0n) is 13.5. The Morgan fingerprint density at radius 1 is 1.36 bits per heavy atom. The molecule has 0 N–H and O–H groups in total.